The zero-order valence-corrected chi connectivity index (χ0v) is 11.5. The third kappa shape index (κ3) is 3.36. The lowest BCUT2D eigenvalue weighted by molar-refractivity contribution is -0.142. The summed E-state index contributed by atoms with van der Waals surface area (Å²) in [5.41, 5.74) is 1.46. The number of hydrogen-bond acceptors (Lipinski definition) is 3. The number of carbonyl (C=O) groups excluding carboxylic acids is 1. The van der Waals surface area contributed by atoms with E-state index in [-0.39, 0.29) is 11.9 Å². The fourth-order valence-corrected chi connectivity index (χ4v) is 2.65. The van der Waals surface area contributed by atoms with Gasteiger partial charge < -0.3 is 15.2 Å². The van der Waals surface area contributed by atoms with Crippen LogP contribution in [0.5, 0.6) is 0 Å². The van der Waals surface area contributed by atoms with Gasteiger partial charge in [-0.25, -0.2) is 0 Å². The van der Waals surface area contributed by atoms with Crippen LogP contribution in [0.1, 0.15) is 35.2 Å². The molecule has 1 saturated carbocycles. The standard InChI is InChI=1S/C15H19NO4/c1-20-9-10-4-2-5-11(8-10)14(17)16-13-7-3-6-12(13)15(18)19/h2,4-5,8,12-13H,3,6-7,9H2,1H3,(H,16,17)(H,18,19). The van der Waals surface area contributed by atoms with Crippen LogP contribution < -0.4 is 5.32 Å². The summed E-state index contributed by atoms with van der Waals surface area (Å²) in [7, 11) is 1.60. The van der Waals surface area contributed by atoms with Crippen molar-refractivity contribution in [2.75, 3.05) is 7.11 Å². The van der Waals surface area contributed by atoms with Gasteiger partial charge in [-0.15, -0.1) is 0 Å². The van der Waals surface area contributed by atoms with Crippen molar-refractivity contribution in [2.45, 2.75) is 31.9 Å². The molecule has 2 N–H and O–H groups in total. The molecule has 5 heteroatoms. The summed E-state index contributed by atoms with van der Waals surface area (Å²) in [5.74, 6) is -1.52. The predicted octanol–water partition coefficient (Wildman–Crippen LogP) is 1.82. The second kappa shape index (κ2) is 6.52. The first-order valence-electron chi connectivity index (χ1n) is 6.73. The third-order valence-electron chi connectivity index (χ3n) is 3.65. The lowest BCUT2D eigenvalue weighted by Crippen LogP contribution is -2.40. The van der Waals surface area contributed by atoms with E-state index in [1.54, 1.807) is 25.3 Å². The number of carboxylic acid groups (broad SMARTS) is 1. The third-order valence-corrected chi connectivity index (χ3v) is 3.65. The summed E-state index contributed by atoms with van der Waals surface area (Å²) in [6.45, 7) is 0.447. The van der Waals surface area contributed by atoms with Crippen LogP contribution in [0.4, 0.5) is 0 Å². The molecule has 5 nitrogen and oxygen atoms in total. The molecule has 0 aliphatic heterocycles. The zero-order valence-electron chi connectivity index (χ0n) is 11.5. The lowest BCUT2D eigenvalue weighted by Gasteiger charge is -2.17. The molecule has 2 atom stereocenters. The normalized spacial score (nSPS) is 21.6. The fraction of sp³-hybridized carbons (Fsp3) is 0.467. The maximum absolute atomic E-state index is 12.2. The van der Waals surface area contributed by atoms with Gasteiger partial charge in [-0.1, -0.05) is 18.6 Å². The van der Waals surface area contributed by atoms with Crippen LogP contribution in [0.3, 0.4) is 0 Å². The van der Waals surface area contributed by atoms with E-state index in [4.69, 9.17) is 9.84 Å². The molecule has 2 unspecified atom stereocenters. The van der Waals surface area contributed by atoms with Gasteiger partial charge in [-0.3, -0.25) is 9.59 Å². The average Bonchev–Trinajstić information content (AvgIpc) is 2.88. The van der Waals surface area contributed by atoms with E-state index >= 15 is 0 Å². The Bertz CT molecular complexity index is 500. The number of ether oxygens (including phenoxy) is 1. The predicted molar refractivity (Wildman–Crippen MR) is 73.4 cm³/mol. The van der Waals surface area contributed by atoms with Crippen molar-refractivity contribution < 1.29 is 19.4 Å². The molecule has 1 fully saturated rings. The van der Waals surface area contributed by atoms with Crippen LogP contribution >= 0.6 is 0 Å². The second-order valence-corrected chi connectivity index (χ2v) is 5.09. The van der Waals surface area contributed by atoms with Gasteiger partial charge in [0.15, 0.2) is 0 Å². The minimum atomic E-state index is -0.832. The van der Waals surface area contributed by atoms with Crippen molar-refractivity contribution >= 4 is 11.9 Å². The topological polar surface area (TPSA) is 75.6 Å². The van der Waals surface area contributed by atoms with Gasteiger partial charge in [0, 0.05) is 18.7 Å². The number of nitrogens with one attached hydrogen (secondary N) is 1. The number of carboxylic acids is 1. The van der Waals surface area contributed by atoms with Crippen molar-refractivity contribution in [3.63, 3.8) is 0 Å². The molecule has 1 aromatic rings. The van der Waals surface area contributed by atoms with Crippen LogP contribution in [0, 0.1) is 5.92 Å². The van der Waals surface area contributed by atoms with Gasteiger partial charge in [0.1, 0.15) is 0 Å². The number of amides is 1. The van der Waals surface area contributed by atoms with Gasteiger partial charge in [0.25, 0.3) is 5.91 Å². The minimum Gasteiger partial charge on any atom is -0.481 e. The van der Waals surface area contributed by atoms with Crippen molar-refractivity contribution in [1.29, 1.82) is 0 Å². The van der Waals surface area contributed by atoms with E-state index in [2.05, 4.69) is 5.32 Å². The number of hydrogen-bond donors (Lipinski definition) is 2. The van der Waals surface area contributed by atoms with Crippen molar-refractivity contribution in [3.8, 4) is 0 Å². The maximum atomic E-state index is 12.2. The van der Waals surface area contributed by atoms with Crippen LogP contribution in [0.2, 0.25) is 0 Å². The fourth-order valence-electron chi connectivity index (χ4n) is 2.65. The van der Waals surface area contributed by atoms with Gasteiger partial charge in [0.05, 0.1) is 12.5 Å². The summed E-state index contributed by atoms with van der Waals surface area (Å²) in [6, 6.07) is 6.90. The first-order chi connectivity index (χ1) is 9.61. The Morgan fingerprint density at radius 2 is 2.20 bits per heavy atom. The Morgan fingerprint density at radius 1 is 1.40 bits per heavy atom. The first kappa shape index (κ1) is 14.5. The highest BCUT2D eigenvalue weighted by Crippen LogP contribution is 2.26. The quantitative estimate of drug-likeness (QED) is 0.860. The molecule has 1 aliphatic rings. The van der Waals surface area contributed by atoms with E-state index in [1.807, 2.05) is 6.07 Å². The second-order valence-electron chi connectivity index (χ2n) is 5.09. The molecule has 0 aromatic heterocycles. The van der Waals surface area contributed by atoms with Crippen molar-refractivity contribution in [2.24, 2.45) is 5.92 Å². The SMILES string of the molecule is COCc1cccc(C(=O)NC2CCCC2C(=O)O)c1. The van der Waals surface area contributed by atoms with Crippen molar-refractivity contribution in [1.82, 2.24) is 5.32 Å². The molecule has 0 heterocycles. The van der Waals surface area contributed by atoms with Crippen LogP contribution in [-0.4, -0.2) is 30.1 Å². The summed E-state index contributed by atoms with van der Waals surface area (Å²) < 4.78 is 5.04. The number of methoxy groups -OCH3 is 1. The molecule has 0 radical (unpaired) electrons. The van der Waals surface area contributed by atoms with Crippen LogP contribution in [-0.2, 0) is 16.1 Å². The zero-order chi connectivity index (χ0) is 14.5. The highest BCUT2D eigenvalue weighted by Gasteiger charge is 2.33. The number of rotatable bonds is 5. The Morgan fingerprint density at radius 3 is 2.90 bits per heavy atom. The lowest BCUT2D eigenvalue weighted by atomic mass is 10.0. The van der Waals surface area contributed by atoms with Gasteiger partial charge >= 0.3 is 5.97 Å². The molecule has 0 spiro atoms. The molecular weight excluding hydrogens is 258 g/mol. The van der Waals surface area contributed by atoms with Gasteiger partial charge in [-0.2, -0.15) is 0 Å². The maximum Gasteiger partial charge on any atom is 0.308 e. The molecule has 108 valence electrons. The minimum absolute atomic E-state index is 0.221. The number of benzene rings is 1. The Labute approximate surface area is 117 Å². The van der Waals surface area contributed by atoms with E-state index in [0.717, 1.165) is 18.4 Å². The Balaban J connectivity index is 2.04. The number of aliphatic carboxylic acids is 1. The molecule has 1 aromatic carbocycles. The largest absolute Gasteiger partial charge is 0.481 e. The molecule has 1 amide bonds. The Kier molecular flexibility index (Phi) is 4.74. The van der Waals surface area contributed by atoms with Crippen LogP contribution in [0.25, 0.3) is 0 Å². The summed E-state index contributed by atoms with van der Waals surface area (Å²) >= 11 is 0. The average molecular weight is 277 g/mol. The van der Waals surface area contributed by atoms with E-state index in [1.165, 1.54) is 0 Å². The first-order valence-corrected chi connectivity index (χ1v) is 6.73. The number of carbonyl (C=O) groups is 2. The highest BCUT2D eigenvalue weighted by molar-refractivity contribution is 5.94. The van der Waals surface area contributed by atoms with Gasteiger partial charge in [0.2, 0.25) is 0 Å². The molecule has 20 heavy (non-hydrogen) atoms. The van der Waals surface area contributed by atoms with Crippen molar-refractivity contribution in [3.05, 3.63) is 35.4 Å². The summed E-state index contributed by atoms with van der Waals surface area (Å²) in [4.78, 5) is 23.3. The summed E-state index contributed by atoms with van der Waals surface area (Å²) in [6.07, 6.45) is 2.19. The molecule has 2 rings (SSSR count). The Hall–Kier alpha value is -1.88. The molecular formula is C15H19NO4. The van der Waals surface area contributed by atoms with E-state index in [9.17, 15) is 9.59 Å². The van der Waals surface area contributed by atoms with Crippen LogP contribution in [0.15, 0.2) is 24.3 Å². The molecule has 0 bridgehead atoms. The monoisotopic (exact) mass is 277 g/mol. The molecule has 0 saturated heterocycles. The van der Waals surface area contributed by atoms with E-state index in [0.29, 0.717) is 18.6 Å². The van der Waals surface area contributed by atoms with E-state index < -0.39 is 11.9 Å². The smallest absolute Gasteiger partial charge is 0.308 e. The van der Waals surface area contributed by atoms with Gasteiger partial charge in [-0.05, 0) is 30.5 Å². The summed E-state index contributed by atoms with van der Waals surface area (Å²) in [5, 5.41) is 11.9. The molecule has 1 aliphatic carbocycles. The highest BCUT2D eigenvalue weighted by atomic mass is 16.5.